The molecule has 0 atom stereocenters. The summed E-state index contributed by atoms with van der Waals surface area (Å²) in [5.41, 5.74) is 0.466. The quantitative estimate of drug-likeness (QED) is 0.340. The summed E-state index contributed by atoms with van der Waals surface area (Å²) in [4.78, 5) is 11.6. The van der Waals surface area contributed by atoms with Crippen molar-refractivity contribution in [1.29, 1.82) is 5.41 Å². The standard InChI is InChI=1S/C22H18N2O4S/c23-21(24-22(26)17-12-6-2-7-13-17)20(19(25)16-10-4-1-5-11-16)29(27,28)18-14-8-3-9-15-18/h1-15,25H,(H2,23,24,26). The lowest BCUT2D eigenvalue weighted by molar-refractivity contribution is 0.0977. The van der Waals surface area contributed by atoms with Crippen LogP contribution in [0.4, 0.5) is 0 Å². The molecule has 0 aliphatic carbocycles. The average Bonchev–Trinajstić information content (AvgIpc) is 2.75. The smallest absolute Gasteiger partial charge is 0.256 e. The lowest BCUT2D eigenvalue weighted by Crippen LogP contribution is -2.34. The molecule has 29 heavy (non-hydrogen) atoms. The summed E-state index contributed by atoms with van der Waals surface area (Å²) < 4.78 is 26.4. The third kappa shape index (κ3) is 4.41. The second-order valence-electron chi connectivity index (χ2n) is 6.06. The predicted molar refractivity (Wildman–Crippen MR) is 111 cm³/mol. The fourth-order valence-electron chi connectivity index (χ4n) is 2.66. The first-order chi connectivity index (χ1) is 13.9. The van der Waals surface area contributed by atoms with Gasteiger partial charge in [-0.25, -0.2) is 8.42 Å². The van der Waals surface area contributed by atoms with Crippen molar-refractivity contribution in [3.63, 3.8) is 0 Å². The normalized spacial score (nSPS) is 12.0. The van der Waals surface area contributed by atoms with Gasteiger partial charge in [-0.05, 0) is 24.3 Å². The van der Waals surface area contributed by atoms with Crippen LogP contribution in [-0.4, -0.2) is 25.3 Å². The van der Waals surface area contributed by atoms with E-state index in [1.807, 2.05) is 0 Å². The Morgan fingerprint density at radius 2 is 1.21 bits per heavy atom. The van der Waals surface area contributed by atoms with Crippen molar-refractivity contribution in [3.8, 4) is 0 Å². The maximum Gasteiger partial charge on any atom is 0.256 e. The molecule has 0 unspecified atom stereocenters. The number of aliphatic hydroxyl groups is 1. The van der Waals surface area contributed by atoms with Crippen molar-refractivity contribution in [1.82, 2.24) is 5.32 Å². The van der Waals surface area contributed by atoms with Gasteiger partial charge in [0.05, 0.1) is 4.90 Å². The van der Waals surface area contributed by atoms with E-state index in [4.69, 9.17) is 5.41 Å². The highest BCUT2D eigenvalue weighted by Crippen LogP contribution is 2.26. The van der Waals surface area contributed by atoms with E-state index in [1.165, 1.54) is 48.5 Å². The van der Waals surface area contributed by atoms with Gasteiger partial charge in [0.2, 0.25) is 9.84 Å². The molecular weight excluding hydrogens is 388 g/mol. The zero-order chi connectivity index (χ0) is 20.9. The van der Waals surface area contributed by atoms with Gasteiger partial charge in [-0.1, -0.05) is 66.7 Å². The van der Waals surface area contributed by atoms with Gasteiger partial charge in [-0.2, -0.15) is 0 Å². The van der Waals surface area contributed by atoms with Crippen LogP contribution in [0.15, 0.2) is 101 Å². The average molecular weight is 406 g/mol. The number of carbonyl (C=O) groups is 1. The van der Waals surface area contributed by atoms with Crippen LogP contribution in [0.25, 0.3) is 5.76 Å². The van der Waals surface area contributed by atoms with Crippen LogP contribution in [0.2, 0.25) is 0 Å². The van der Waals surface area contributed by atoms with Crippen molar-refractivity contribution in [3.05, 3.63) is 107 Å². The van der Waals surface area contributed by atoms with Crippen molar-refractivity contribution < 1.29 is 18.3 Å². The highest BCUT2D eigenvalue weighted by Gasteiger charge is 2.30. The topological polar surface area (TPSA) is 107 Å². The lowest BCUT2D eigenvalue weighted by Gasteiger charge is -2.14. The summed E-state index contributed by atoms with van der Waals surface area (Å²) in [6.45, 7) is 0. The second kappa shape index (κ2) is 8.53. The summed E-state index contributed by atoms with van der Waals surface area (Å²) in [5, 5.41) is 21.3. The third-order valence-electron chi connectivity index (χ3n) is 4.09. The molecule has 0 spiro atoms. The van der Waals surface area contributed by atoms with Crippen LogP contribution >= 0.6 is 0 Å². The molecule has 6 nitrogen and oxygen atoms in total. The number of carbonyl (C=O) groups excluding carboxylic acids is 1. The Balaban J connectivity index is 2.09. The van der Waals surface area contributed by atoms with Crippen molar-refractivity contribution in [2.45, 2.75) is 4.90 Å². The van der Waals surface area contributed by atoms with Crippen molar-refractivity contribution in [2.75, 3.05) is 0 Å². The molecule has 7 heteroatoms. The predicted octanol–water partition coefficient (Wildman–Crippen LogP) is 3.79. The van der Waals surface area contributed by atoms with Crippen LogP contribution in [-0.2, 0) is 9.84 Å². The summed E-state index contributed by atoms with van der Waals surface area (Å²) in [6, 6.07) is 23.6. The molecule has 0 fully saturated rings. The van der Waals surface area contributed by atoms with E-state index in [9.17, 15) is 18.3 Å². The van der Waals surface area contributed by atoms with Crippen LogP contribution in [0.3, 0.4) is 0 Å². The number of rotatable bonds is 5. The van der Waals surface area contributed by atoms with E-state index in [0.717, 1.165) is 0 Å². The van der Waals surface area contributed by atoms with E-state index >= 15 is 0 Å². The summed E-state index contributed by atoms with van der Waals surface area (Å²) >= 11 is 0. The minimum Gasteiger partial charge on any atom is -0.506 e. The number of aliphatic hydroxyl groups excluding tert-OH is 1. The van der Waals surface area contributed by atoms with Gasteiger partial charge >= 0.3 is 0 Å². The van der Waals surface area contributed by atoms with Crippen LogP contribution in [0.5, 0.6) is 0 Å². The number of benzene rings is 3. The molecule has 0 aliphatic heterocycles. The first-order valence-corrected chi connectivity index (χ1v) is 10.1. The zero-order valence-corrected chi connectivity index (χ0v) is 16.1. The van der Waals surface area contributed by atoms with Crippen molar-refractivity contribution >= 4 is 27.3 Å². The Labute approximate surface area is 168 Å². The Bertz CT molecular complexity index is 1160. The maximum absolute atomic E-state index is 13.2. The number of amides is 1. The highest BCUT2D eigenvalue weighted by atomic mass is 32.2. The molecule has 0 aliphatic rings. The molecule has 146 valence electrons. The Morgan fingerprint density at radius 3 is 1.72 bits per heavy atom. The molecule has 3 rings (SSSR count). The Hall–Kier alpha value is -3.71. The first kappa shape index (κ1) is 20.0. The van der Waals surface area contributed by atoms with Gasteiger partial charge in [0.15, 0.2) is 4.91 Å². The molecule has 0 aromatic heterocycles. The van der Waals surface area contributed by atoms with E-state index < -0.39 is 32.2 Å². The molecule has 3 aromatic rings. The monoisotopic (exact) mass is 406 g/mol. The molecule has 0 saturated carbocycles. The molecule has 1 amide bonds. The minimum absolute atomic E-state index is 0.101. The van der Waals surface area contributed by atoms with E-state index in [0.29, 0.717) is 0 Å². The minimum atomic E-state index is -4.29. The molecule has 0 heterocycles. The SMILES string of the molecule is N=C(NC(=O)c1ccccc1)C(=C(O)c1ccccc1)S(=O)(=O)c1ccccc1. The number of sulfone groups is 1. The van der Waals surface area contributed by atoms with Gasteiger partial charge in [-0.3, -0.25) is 10.2 Å². The van der Waals surface area contributed by atoms with E-state index in [2.05, 4.69) is 5.32 Å². The van der Waals surface area contributed by atoms with Crippen LogP contribution in [0, 0.1) is 5.41 Å². The zero-order valence-electron chi connectivity index (χ0n) is 15.2. The van der Waals surface area contributed by atoms with Crippen molar-refractivity contribution in [2.24, 2.45) is 0 Å². The van der Waals surface area contributed by atoms with Gasteiger partial charge < -0.3 is 10.4 Å². The number of nitrogens with one attached hydrogen (secondary N) is 2. The summed E-state index contributed by atoms with van der Waals surface area (Å²) in [7, 11) is -4.29. The Kier molecular flexibility index (Phi) is 5.90. The summed E-state index contributed by atoms with van der Waals surface area (Å²) in [5.74, 6) is -1.99. The van der Waals surface area contributed by atoms with Crippen LogP contribution in [0.1, 0.15) is 15.9 Å². The van der Waals surface area contributed by atoms with Gasteiger partial charge in [0.1, 0.15) is 11.6 Å². The highest BCUT2D eigenvalue weighted by molar-refractivity contribution is 7.96. The molecule has 0 radical (unpaired) electrons. The Morgan fingerprint density at radius 1 is 0.759 bits per heavy atom. The molecule has 3 N–H and O–H groups in total. The van der Waals surface area contributed by atoms with Gasteiger partial charge in [0.25, 0.3) is 5.91 Å². The molecule has 3 aromatic carbocycles. The molecular formula is C22H18N2O4S. The maximum atomic E-state index is 13.2. The van der Waals surface area contributed by atoms with Gasteiger partial charge in [-0.15, -0.1) is 0 Å². The number of hydrogen-bond donors (Lipinski definition) is 3. The van der Waals surface area contributed by atoms with Gasteiger partial charge in [0, 0.05) is 11.1 Å². The number of hydrogen-bond acceptors (Lipinski definition) is 5. The third-order valence-corrected chi connectivity index (χ3v) is 5.91. The molecule has 0 bridgehead atoms. The molecule has 0 saturated heterocycles. The van der Waals surface area contributed by atoms with Crippen LogP contribution < -0.4 is 5.32 Å². The first-order valence-electron chi connectivity index (χ1n) is 8.65. The number of amidine groups is 1. The summed E-state index contributed by atoms with van der Waals surface area (Å²) in [6.07, 6.45) is 0. The second-order valence-corrected chi connectivity index (χ2v) is 7.94. The van der Waals surface area contributed by atoms with E-state index in [1.54, 1.807) is 42.5 Å². The fourth-order valence-corrected chi connectivity index (χ4v) is 4.10. The largest absolute Gasteiger partial charge is 0.506 e. The lowest BCUT2D eigenvalue weighted by atomic mass is 10.1. The fraction of sp³-hybridized carbons (Fsp3) is 0. The van der Waals surface area contributed by atoms with E-state index in [-0.39, 0.29) is 16.0 Å².